The summed E-state index contributed by atoms with van der Waals surface area (Å²) in [7, 11) is 0. The Morgan fingerprint density at radius 1 is 1.00 bits per heavy atom. The predicted molar refractivity (Wildman–Crippen MR) is 91.5 cm³/mol. The van der Waals surface area contributed by atoms with E-state index in [-0.39, 0.29) is 11.8 Å². The smallest absolute Gasteiger partial charge is 0.264 e. The molecule has 6 heteroatoms. The molecule has 2 aromatic rings. The molecule has 2 aliphatic rings. The zero-order valence-corrected chi connectivity index (χ0v) is 14.3. The van der Waals surface area contributed by atoms with E-state index in [0.717, 1.165) is 17.7 Å². The number of hydrogen-bond donors (Lipinski definition) is 0. The molecule has 0 spiro atoms. The molecule has 0 N–H and O–H groups in total. The normalized spacial score (nSPS) is 17.7. The van der Waals surface area contributed by atoms with Gasteiger partial charge in [0, 0.05) is 31.1 Å². The highest BCUT2D eigenvalue weighted by molar-refractivity contribution is 7.14. The summed E-state index contributed by atoms with van der Waals surface area (Å²) in [5.41, 5.74) is 1.93. The molecular weight excluding hydrogens is 324 g/mol. The van der Waals surface area contributed by atoms with Crippen LogP contribution >= 0.6 is 11.3 Å². The van der Waals surface area contributed by atoms with Crippen molar-refractivity contribution in [1.29, 1.82) is 0 Å². The lowest BCUT2D eigenvalue weighted by atomic mass is 9.99. The standard InChI is InChI=1S/C18H20N2O3S/c21-17(14-5-10-23-12-14)19-6-8-20(9-7-19)18(22)16-11-13-3-1-2-4-15(13)24-16/h5,10-12H,1-4,6-9H2. The molecule has 2 aromatic heterocycles. The maximum atomic E-state index is 12.7. The fourth-order valence-electron chi connectivity index (χ4n) is 3.43. The second-order valence-corrected chi connectivity index (χ2v) is 7.50. The van der Waals surface area contributed by atoms with Gasteiger partial charge in [-0.15, -0.1) is 11.3 Å². The van der Waals surface area contributed by atoms with Crippen LogP contribution in [0.4, 0.5) is 0 Å². The summed E-state index contributed by atoms with van der Waals surface area (Å²) in [4.78, 5) is 30.9. The van der Waals surface area contributed by atoms with Crippen LogP contribution in [0.1, 0.15) is 43.3 Å². The quantitative estimate of drug-likeness (QED) is 0.842. The fraction of sp³-hybridized carbons (Fsp3) is 0.444. The first-order chi connectivity index (χ1) is 11.7. The molecule has 5 nitrogen and oxygen atoms in total. The Bertz CT molecular complexity index is 719. The molecule has 0 radical (unpaired) electrons. The summed E-state index contributed by atoms with van der Waals surface area (Å²) in [5.74, 6) is 0.0900. The monoisotopic (exact) mass is 344 g/mol. The molecule has 1 saturated heterocycles. The van der Waals surface area contributed by atoms with Crippen LogP contribution in [0.15, 0.2) is 29.1 Å². The predicted octanol–water partition coefficient (Wildman–Crippen LogP) is 2.82. The van der Waals surface area contributed by atoms with E-state index in [2.05, 4.69) is 6.07 Å². The van der Waals surface area contributed by atoms with Gasteiger partial charge in [0.15, 0.2) is 0 Å². The third kappa shape index (κ3) is 2.86. The molecule has 0 atom stereocenters. The third-order valence-electron chi connectivity index (χ3n) is 4.83. The molecule has 2 amide bonds. The van der Waals surface area contributed by atoms with Crippen molar-refractivity contribution in [2.24, 2.45) is 0 Å². The van der Waals surface area contributed by atoms with Crippen LogP contribution < -0.4 is 0 Å². The number of carbonyl (C=O) groups excluding carboxylic acids is 2. The lowest BCUT2D eigenvalue weighted by molar-refractivity contribution is 0.0537. The van der Waals surface area contributed by atoms with E-state index < -0.39 is 0 Å². The highest BCUT2D eigenvalue weighted by Gasteiger charge is 2.27. The number of carbonyl (C=O) groups is 2. The Labute approximate surface area is 144 Å². The molecule has 24 heavy (non-hydrogen) atoms. The topological polar surface area (TPSA) is 53.8 Å². The highest BCUT2D eigenvalue weighted by atomic mass is 32.1. The molecule has 0 unspecified atom stereocenters. The lowest BCUT2D eigenvalue weighted by Crippen LogP contribution is -2.50. The molecule has 0 saturated carbocycles. The van der Waals surface area contributed by atoms with Crippen molar-refractivity contribution in [1.82, 2.24) is 9.80 Å². The second-order valence-electron chi connectivity index (χ2n) is 6.36. The molecule has 3 heterocycles. The van der Waals surface area contributed by atoms with Gasteiger partial charge >= 0.3 is 0 Å². The summed E-state index contributed by atoms with van der Waals surface area (Å²) >= 11 is 1.66. The Hall–Kier alpha value is -2.08. The van der Waals surface area contributed by atoms with Crippen molar-refractivity contribution < 1.29 is 14.0 Å². The van der Waals surface area contributed by atoms with E-state index in [1.54, 1.807) is 22.3 Å². The van der Waals surface area contributed by atoms with Gasteiger partial charge < -0.3 is 14.2 Å². The van der Waals surface area contributed by atoms with E-state index >= 15 is 0 Å². The number of rotatable bonds is 2. The van der Waals surface area contributed by atoms with Crippen LogP contribution in [0, 0.1) is 0 Å². The van der Waals surface area contributed by atoms with Gasteiger partial charge in [-0.3, -0.25) is 9.59 Å². The van der Waals surface area contributed by atoms with Crippen LogP contribution in [0.2, 0.25) is 0 Å². The minimum absolute atomic E-state index is 0.0255. The van der Waals surface area contributed by atoms with Crippen molar-refractivity contribution in [3.05, 3.63) is 45.5 Å². The maximum Gasteiger partial charge on any atom is 0.264 e. The van der Waals surface area contributed by atoms with Crippen LogP contribution in [0.5, 0.6) is 0 Å². The Kier molecular flexibility index (Phi) is 4.14. The maximum absolute atomic E-state index is 12.7. The van der Waals surface area contributed by atoms with Crippen LogP contribution in [-0.4, -0.2) is 47.8 Å². The SMILES string of the molecule is O=C(c1ccoc1)N1CCN(C(=O)c2cc3c(s2)CCCC3)CC1. The summed E-state index contributed by atoms with van der Waals surface area (Å²) in [5, 5.41) is 0. The van der Waals surface area contributed by atoms with Crippen LogP contribution in [-0.2, 0) is 12.8 Å². The number of thiophene rings is 1. The van der Waals surface area contributed by atoms with Crippen molar-refractivity contribution >= 4 is 23.2 Å². The first-order valence-electron chi connectivity index (χ1n) is 8.45. The molecule has 4 rings (SSSR count). The first-order valence-corrected chi connectivity index (χ1v) is 9.26. The zero-order chi connectivity index (χ0) is 16.5. The zero-order valence-electron chi connectivity index (χ0n) is 13.5. The van der Waals surface area contributed by atoms with Gasteiger partial charge in [-0.2, -0.15) is 0 Å². The molecule has 126 valence electrons. The third-order valence-corrected chi connectivity index (χ3v) is 6.05. The summed E-state index contributed by atoms with van der Waals surface area (Å²) in [6.45, 7) is 2.32. The van der Waals surface area contributed by atoms with Gasteiger partial charge in [-0.25, -0.2) is 0 Å². The largest absolute Gasteiger partial charge is 0.472 e. The second kappa shape index (κ2) is 6.43. The summed E-state index contributed by atoms with van der Waals surface area (Å²) < 4.78 is 4.97. The number of fused-ring (bicyclic) bond motifs is 1. The molecule has 0 bridgehead atoms. The van der Waals surface area contributed by atoms with Gasteiger partial charge in [0.25, 0.3) is 11.8 Å². The number of piperazine rings is 1. The van der Waals surface area contributed by atoms with Crippen molar-refractivity contribution in [3.63, 3.8) is 0 Å². The lowest BCUT2D eigenvalue weighted by Gasteiger charge is -2.34. The summed E-state index contributed by atoms with van der Waals surface area (Å²) in [6, 6.07) is 3.76. The van der Waals surface area contributed by atoms with E-state index in [1.165, 1.54) is 35.8 Å². The van der Waals surface area contributed by atoms with E-state index in [4.69, 9.17) is 4.42 Å². The average molecular weight is 344 g/mol. The van der Waals surface area contributed by atoms with Gasteiger partial charge in [-0.1, -0.05) is 0 Å². The van der Waals surface area contributed by atoms with Crippen molar-refractivity contribution in [2.75, 3.05) is 26.2 Å². The minimum Gasteiger partial charge on any atom is -0.472 e. The molecule has 1 fully saturated rings. The molecular formula is C18H20N2O3S. The highest BCUT2D eigenvalue weighted by Crippen LogP contribution is 2.30. The average Bonchev–Trinajstić information content (AvgIpc) is 3.30. The van der Waals surface area contributed by atoms with Crippen LogP contribution in [0.25, 0.3) is 0 Å². The Morgan fingerprint density at radius 2 is 1.71 bits per heavy atom. The Balaban J connectivity index is 1.39. The molecule has 0 aromatic carbocycles. The summed E-state index contributed by atoms with van der Waals surface area (Å²) in [6.07, 6.45) is 7.65. The van der Waals surface area contributed by atoms with E-state index in [1.807, 2.05) is 4.90 Å². The Morgan fingerprint density at radius 3 is 2.38 bits per heavy atom. The van der Waals surface area contributed by atoms with E-state index in [9.17, 15) is 9.59 Å². The van der Waals surface area contributed by atoms with E-state index in [0.29, 0.717) is 31.7 Å². The molecule has 1 aliphatic carbocycles. The van der Waals surface area contributed by atoms with Crippen molar-refractivity contribution in [2.45, 2.75) is 25.7 Å². The van der Waals surface area contributed by atoms with Crippen molar-refractivity contribution in [3.8, 4) is 0 Å². The minimum atomic E-state index is -0.0255. The number of furan rings is 1. The van der Waals surface area contributed by atoms with Gasteiger partial charge in [-0.05, 0) is 43.4 Å². The van der Waals surface area contributed by atoms with Gasteiger partial charge in [0.1, 0.15) is 6.26 Å². The van der Waals surface area contributed by atoms with Gasteiger partial charge in [0.2, 0.25) is 0 Å². The van der Waals surface area contributed by atoms with Crippen LogP contribution in [0.3, 0.4) is 0 Å². The van der Waals surface area contributed by atoms with Gasteiger partial charge in [0.05, 0.1) is 16.7 Å². The molecule has 1 aliphatic heterocycles. The first kappa shape index (κ1) is 15.4. The number of aryl methyl sites for hydroxylation is 2. The number of amides is 2. The fourth-order valence-corrected chi connectivity index (χ4v) is 4.65. The number of hydrogen-bond acceptors (Lipinski definition) is 4. The number of nitrogens with zero attached hydrogens (tertiary/aromatic N) is 2.